The molecule has 3 rings (SSSR count). The molecule has 0 aromatic heterocycles. The van der Waals surface area contributed by atoms with Gasteiger partial charge in [-0.05, 0) is 60.7 Å². The Morgan fingerprint density at radius 2 is 1.71 bits per heavy atom. The van der Waals surface area contributed by atoms with Crippen LogP contribution < -0.4 is 14.4 Å². The molecule has 0 aliphatic carbocycles. The smallest absolute Gasteiger partial charge is 0.387 e. The van der Waals surface area contributed by atoms with Crippen LogP contribution in [0.15, 0.2) is 77.7 Å². The molecule has 0 fully saturated rings. The molecule has 0 atom stereocenters. The highest BCUT2D eigenvalue weighted by atomic mass is 35.5. The van der Waals surface area contributed by atoms with Gasteiger partial charge in [-0.1, -0.05) is 23.7 Å². The molecule has 0 aliphatic rings. The average molecular weight is 467 g/mol. The minimum absolute atomic E-state index is 0.0508. The number of rotatable bonds is 7. The Bertz CT molecular complexity index is 1190. The van der Waals surface area contributed by atoms with Gasteiger partial charge in [0, 0.05) is 23.3 Å². The Hall–Kier alpha value is -3.17. The lowest BCUT2D eigenvalue weighted by Crippen LogP contribution is -2.26. The predicted octanol–water partition coefficient (Wildman–Crippen LogP) is 5.02. The maximum Gasteiger partial charge on any atom is 0.387 e. The summed E-state index contributed by atoms with van der Waals surface area (Å²) >= 11 is 5.94. The van der Waals surface area contributed by atoms with Crippen molar-refractivity contribution in [2.75, 3.05) is 16.7 Å². The van der Waals surface area contributed by atoms with Gasteiger partial charge in [0.25, 0.3) is 15.9 Å². The number of alkyl halides is 2. The van der Waals surface area contributed by atoms with Crippen LogP contribution in [0, 0.1) is 0 Å². The second kappa shape index (κ2) is 9.32. The Balaban J connectivity index is 1.79. The van der Waals surface area contributed by atoms with Crippen molar-refractivity contribution in [3.05, 3.63) is 83.4 Å². The molecular weight excluding hydrogens is 450 g/mol. The highest BCUT2D eigenvalue weighted by Crippen LogP contribution is 2.25. The first kappa shape index (κ1) is 22.5. The summed E-state index contributed by atoms with van der Waals surface area (Å²) in [6, 6.07) is 17.3. The third kappa shape index (κ3) is 5.50. The van der Waals surface area contributed by atoms with Gasteiger partial charge in [0.05, 0.1) is 10.6 Å². The second-order valence-corrected chi connectivity index (χ2v) is 8.74. The summed E-state index contributed by atoms with van der Waals surface area (Å²) in [4.78, 5) is 12.5. The molecule has 0 radical (unpaired) electrons. The maximum atomic E-state index is 13.0. The molecule has 0 saturated carbocycles. The molecule has 31 heavy (non-hydrogen) atoms. The van der Waals surface area contributed by atoms with Crippen molar-refractivity contribution in [2.45, 2.75) is 11.5 Å². The summed E-state index contributed by atoms with van der Waals surface area (Å²) in [5.74, 6) is -0.616. The van der Waals surface area contributed by atoms with Gasteiger partial charge in [-0.3, -0.25) is 9.10 Å². The van der Waals surface area contributed by atoms with E-state index in [1.54, 1.807) is 18.2 Å². The minimum Gasteiger partial charge on any atom is -0.435 e. The summed E-state index contributed by atoms with van der Waals surface area (Å²) < 4.78 is 55.7. The zero-order valence-corrected chi connectivity index (χ0v) is 17.7. The SMILES string of the molecule is CN(c1cccc(Cl)c1)S(=O)(=O)c1cccc(C(=O)Nc2ccc(OC(F)F)cc2)c1. The van der Waals surface area contributed by atoms with Crippen molar-refractivity contribution in [3.8, 4) is 5.75 Å². The summed E-state index contributed by atoms with van der Waals surface area (Å²) in [7, 11) is -2.56. The van der Waals surface area contributed by atoms with E-state index in [1.807, 2.05) is 0 Å². The first-order chi connectivity index (χ1) is 14.7. The van der Waals surface area contributed by atoms with Crippen molar-refractivity contribution in [1.82, 2.24) is 0 Å². The molecule has 3 aromatic rings. The van der Waals surface area contributed by atoms with Crippen LogP contribution in [0.1, 0.15) is 10.4 Å². The number of carbonyl (C=O) groups excluding carboxylic acids is 1. The molecule has 0 heterocycles. The number of anilines is 2. The fourth-order valence-corrected chi connectivity index (χ4v) is 4.11. The Labute approximate surface area is 183 Å². The fourth-order valence-electron chi connectivity index (χ4n) is 2.69. The maximum absolute atomic E-state index is 13.0. The van der Waals surface area contributed by atoms with Gasteiger partial charge in [0.2, 0.25) is 0 Å². The van der Waals surface area contributed by atoms with Crippen LogP contribution in [0.2, 0.25) is 5.02 Å². The van der Waals surface area contributed by atoms with Gasteiger partial charge < -0.3 is 10.1 Å². The summed E-state index contributed by atoms with van der Waals surface area (Å²) in [5, 5.41) is 2.96. The first-order valence-electron chi connectivity index (χ1n) is 8.87. The van der Waals surface area contributed by atoms with Gasteiger partial charge in [-0.25, -0.2) is 8.42 Å². The van der Waals surface area contributed by atoms with Crippen LogP contribution >= 0.6 is 11.6 Å². The van der Waals surface area contributed by atoms with E-state index in [9.17, 15) is 22.0 Å². The predicted molar refractivity (Wildman–Crippen MR) is 115 cm³/mol. The lowest BCUT2D eigenvalue weighted by atomic mass is 10.2. The van der Waals surface area contributed by atoms with Crippen molar-refractivity contribution >= 4 is 38.9 Å². The number of halogens is 3. The minimum atomic E-state index is -3.95. The van der Waals surface area contributed by atoms with Crippen LogP contribution in [-0.2, 0) is 10.0 Å². The molecular formula is C21H17ClF2N2O4S. The lowest BCUT2D eigenvalue weighted by Gasteiger charge is -2.20. The average Bonchev–Trinajstić information content (AvgIpc) is 2.74. The molecule has 0 unspecified atom stereocenters. The number of ether oxygens (including phenoxy) is 1. The molecule has 0 spiro atoms. The van der Waals surface area contributed by atoms with E-state index in [0.29, 0.717) is 16.4 Å². The molecule has 0 saturated heterocycles. The third-order valence-corrected chi connectivity index (χ3v) is 6.28. The normalized spacial score (nSPS) is 11.3. The van der Waals surface area contributed by atoms with Crippen LogP contribution in [0.5, 0.6) is 5.75 Å². The first-order valence-corrected chi connectivity index (χ1v) is 10.7. The molecule has 10 heteroatoms. The number of nitrogens with zero attached hydrogens (tertiary/aromatic N) is 1. The van der Waals surface area contributed by atoms with Gasteiger partial charge in [0.15, 0.2) is 0 Å². The standard InChI is InChI=1S/C21H17ClF2N2O4S/c1-26(17-6-3-5-15(22)13-17)31(28,29)19-7-2-4-14(12-19)20(27)25-16-8-10-18(11-9-16)30-21(23)24/h2-13,21H,1H3,(H,25,27). The summed E-state index contributed by atoms with van der Waals surface area (Å²) in [6.07, 6.45) is 0. The number of carbonyl (C=O) groups is 1. The lowest BCUT2D eigenvalue weighted by molar-refractivity contribution is -0.0498. The van der Waals surface area contributed by atoms with Gasteiger partial charge in [-0.2, -0.15) is 8.78 Å². The number of benzene rings is 3. The molecule has 162 valence electrons. The van der Waals surface area contributed by atoms with E-state index in [2.05, 4.69) is 10.1 Å². The van der Waals surface area contributed by atoms with E-state index >= 15 is 0 Å². The molecule has 1 amide bonds. The van der Waals surface area contributed by atoms with Gasteiger partial charge in [0.1, 0.15) is 5.75 Å². The highest BCUT2D eigenvalue weighted by molar-refractivity contribution is 7.92. The van der Waals surface area contributed by atoms with Crippen LogP contribution in [0.4, 0.5) is 20.2 Å². The molecule has 1 N–H and O–H groups in total. The van der Waals surface area contributed by atoms with Crippen molar-refractivity contribution < 1.29 is 26.7 Å². The van der Waals surface area contributed by atoms with Gasteiger partial charge in [-0.15, -0.1) is 0 Å². The Kier molecular flexibility index (Phi) is 6.77. The van der Waals surface area contributed by atoms with E-state index < -0.39 is 22.5 Å². The van der Waals surface area contributed by atoms with E-state index in [-0.39, 0.29) is 16.2 Å². The molecule has 6 nitrogen and oxygen atoms in total. The topological polar surface area (TPSA) is 75.7 Å². The summed E-state index contributed by atoms with van der Waals surface area (Å²) in [5.41, 5.74) is 0.804. The van der Waals surface area contributed by atoms with Crippen LogP contribution in [0.25, 0.3) is 0 Å². The van der Waals surface area contributed by atoms with E-state index in [0.717, 1.165) is 4.31 Å². The Morgan fingerprint density at radius 3 is 2.35 bits per heavy atom. The number of hydrogen-bond donors (Lipinski definition) is 1. The number of hydrogen-bond acceptors (Lipinski definition) is 4. The molecule has 3 aromatic carbocycles. The van der Waals surface area contributed by atoms with Crippen LogP contribution in [0.3, 0.4) is 0 Å². The quantitative estimate of drug-likeness (QED) is 0.530. The number of sulfonamides is 1. The molecule has 0 aliphatic heterocycles. The zero-order valence-electron chi connectivity index (χ0n) is 16.1. The fraction of sp³-hybridized carbons (Fsp3) is 0.0952. The number of amides is 1. The third-order valence-electron chi connectivity index (χ3n) is 4.26. The Morgan fingerprint density at radius 1 is 1.03 bits per heavy atom. The summed E-state index contributed by atoms with van der Waals surface area (Å²) in [6.45, 7) is -2.95. The highest BCUT2D eigenvalue weighted by Gasteiger charge is 2.22. The van der Waals surface area contributed by atoms with Crippen molar-refractivity contribution in [3.63, 3.8) is 0 Å². The van der Waals surface area contributed by atoms with E-state index in [4.69, 9.17) is 11.6 Å². The largest absolute Gasteiger partial charge is 0.435 e. The zero-order chi connectivity index (χ0) is 22.6. The van der Waals surface area contributed by atoms with Crippen molar-refractivity contribution in [1.29, 1.82) is 0 Å². The molecule has 0 bridgehead atoms. The van der Waals surface area contributed by atoms with Gasteiger partial charge >= 0.3 is 6.61 Å². The van der Waals surface area contributed by atoms with Crippen molar-refractivity contribution in [2.24, 2.45) is 0 Å². The van der Waals surface area contributed by atoms with E-state index in [1.165, 1.54) is 61.6 Å². The monoisotopic (exact) mass is 466 g/mol. The van der Waals surface area contributed by atoms with Crippen LogP contribution in [-0.4, -0.2) is 28.0 Å². The second-order valence-electron chi connectivity index (χ2n) is 6.34. The number of nitrogens with one attached hydrogen (secondary N) is 1.